The summed E-state index contributed by atoms with van der Waals surface area (Å²) >= 11 is 8.69. The third kappa shape index (κ3) is 4.77. The van der Waals surface area contributed by atoms with Gasteiger partial charge in [0.15, 0.2) is 0 Å². The average Bonchev–Trinajstić information content (AvgIpc) is 2.52. The van der Waals surface area contributed by atoms with Gasteiger partial charge in [-0.25, -0.2) is 8.78 Å². The molecule has 1 nitrogen and oxygen atoms in total. The van der Waals surface area contributed by atoms with Gasteiger partial charge in [0.2, 0.25) is 0 Å². The quantitative estimate of drug-likeness (QED) is 0.504. The molecule has 1 aromatic rings. The van der Waals surface area contributed by atoms with Gasteiger partial charge in [-0.15, -0.1) is 11.3 Å². The summed E-state index contributed by atoms with van der Waals surface area (Å²) in [7, 11) is 0. The van der Waals surface area contributed by atoms with Crippen LogP contribution in [0.2, 0.25) is 0 Å². The van der Waals surface area contributed by atoms with Gasteiger partial charge >= 0.3 is 0 Å². The van der Waals surface area contributed by atoms with Crippen LogP contribution in [0.1, 0.15) is 21.0 Å². The summed E-state index contributed by atoms with van der Waals surface area (Å²) in [6, 6.07) is 2.05. The topological polar surface area (TPSA) is 9.23 Å². The van der Waals surface area contributed by atoms with Crippen LogP contribution >= 0.6 is 43.2 Å². The highest BCUT2D eigenvalue weighted by Crippen LogP contribution is 2.38. The van der Waals surface area contributed by atoms with E-state index in [1.807, 2.05) is 13.0 Å². The Morgan fingerprint density at radius 3 is 2.69 bits per heavy atom. The molecule has 0 aliphatic carbocycles. The number of aryl methyl sites for hydroxylation is 1. The van der Waals surface area contributed by atoms with Crippen molar-refractivity contribution in [2.24, 2.45) is 0 Å². The van der Waals surface area contributed by atoms with Crippen LogP contribution in [0.4, 0.5) is 8.78 Å². The molecule has 0 radical (unpaired) electrons. The lowest BCUT2D eigenvalue weighted by atomic mass is 10.3. The van der Waals surface area contributed by atoms with E-state index in [4.69, 9.17) is 4.74 Å². The number of hydrogen-bond donors (Lipinski definition) is 0. The second-order valence-corrected chi connectivity index (χ2v) is 6.54. The summed E-state index contributed by atoms with van der Waals surface area (Å²) in [5, 5.41) is 0. The molecule has 1 aromatic heterocycles. The van der Waals surface area contributed by atoms with Crippen molar-refractivity contribution >= 4 is 43.2 Å². The average molecular weight is 378 g/mol. The van der Waals surface area contributed by atoms with Gasteiger partial charge in [-0.05, 0) is 35.3 Å². The minimum atomic E-state index is -2.38. The Morgan fingerprint density at radius 2 is 2.19 bits per heavy atom. The lowest BCUT2D eigenvalue weighted by Crippen LogP contribution is -2.06. The van der Waals surface area contributed by atoms with Gasteiger partial charge in [0.1, 0.15) is 6.61 Å². The first-order valence-electron chi connectivity index (χ1n) is 4.76. The van der Waals surface area contributed by atoms with Crippen LogP contribution < -0.4 is 0 Å². The predicted octanol–water partition coefficient (Wildman–Crippen LogP) is 4.93. The molecule has 0 N–H and O–H groups in total. The minimum absolute atomic E-state index is 0.151. The molecule has 0 spiro atoms. The summed E-state index contributed by atoms with van der Waals surface area (Å²) in [5.74, 6) is 0. The maximum absolute atomic E-state index is 11.8. The predicted molar refractivity (Wildman–Crippen MR) is 69.9 cm³/mol. The molecule has 1 heterocycles. The molecule has 0 saturated carbocycles. The van der Waals surface area contributed by atoms with Crippen molar-refractivity contribution in [1.29, 1.82) is 0 Å². The highest BCUT2D eigenvalue weighted by molar-refractivity contribution is 9.11. The van der Waals surface area contributed by atoms with Gasteiger partial charge in [0, 0.05) is 20.8 Å². The number of thiophene rings is 1. The highest BCUT2D eigenvalue weighted by Gasteiger charge is 2.14. The zero-order valence-corrected chi connectivity index (χ0v) is 12.7. The van der Waals surface area contributed by atoms with Crippen molar-refractivity contribution in [2.75, 3.05) is 13.2 Å². The van der Waals surface area contributed by atoms with E-state index in [9.17, 15) is 8.78 Å². The molecule has 16 heavy (non-hydrogen) atoms. The van der Waals surface area contributed by atoms with Crippen LogP contribution in [0.5, 0.6) is 0 Å². The fourth-order valence-electron chi connectivity index (χ4n) is 1.21. The van der Waals surface area contributed by atoms with Gasteiger partial charge in [-0.2, -0.15) is 0 Å². The van der Waals surface area contributed by atoms with E-state index in [2.05, 4.69) is 31.9 Å². The molecule has 0 fully saturated rings. The van der Waals surface area contributed by atoms with E-state index >= 15 is 0 Å². The molecule has 0 saturated heterocycles. The Balaban J connectivity index is 2.35. The van der Waals surface area contributed by atoms with Gasteiger partial charge in [-0.1, -0.05) is 15.9 Å². The molecular formula is C10H12Br2F2OS. The Hall–Kier alpha value is 0.480. The van der Waals surface area contributed by atoms with E-state index in [-0.39, 0.29) is 4.83 Å². The molecule has 0 aliphatic heterocycles. The van der Waals surface area contributed by atoms with Gasteiger partial charge < -0.3 is 4.74 Å². The van der Waals surface area contributed by atoms with Crippen molar-refractivity contribution in [2.45, 2.75) is 24.6 Å². The Morgan fingerprint density at radius 1 is 1.50 bits per heavy atom. The van der Waals surface area contributed by atoms with Crippen LogP contribution in [0.3, 0.4) is 0 Å². The van der Waals surface area contributed by atoms with Crippen LogP contribution in [0, 0.1) is 6.92 Å². The van der Waals surface area contributed by atoms with Crippen LogP contribution in [0.15, 0.2) is 10.5 Å². The van der Waals surface area contributed by atoms with Crippen molar-refractivity contribution in [1.82, 2.24) is 0 Å². The maximum atomic E-state index is 11.8. The van der Waals surface area contributed by atoms with Gasteiger partial charge in [-0.3, -0.25) is 0 Å². The van der Waals surface area contributed by atoms with E-state index < -0.39 is 13.0 Å². The second kappa shape index (κ2) is 7.03. The zero-order valence-electron chi connectivity index (χ0n) is 8.68. The molecule has 6 heteroatoms. The molecule has 1 unspecified atom stereocenters. The SMILES string of the molecule is Cc1cc(Br)c(C(Br)CCOCC(F)F)s1. The minimum Gasteiger partial charge on any atom is -0.375 e. The fourth-order valence-corrected chi connectivity index (χ4v) is 4.17. The first-order valence-corrected chi connectivity index (χ1v) is 7.29. The van der Waals surface area contributed by atoms with Gasteiger partial charge in [0.25, 0.3) is 6.43 Å². The summed E-state index contributed by atoms with van der Waals surface area (Å²) < 4.78 is 29.5. The Kier molecular flexibility index (Phi) is 6.39. The number of rotatable bonds is 6. The maximum Gasteiger partial charge on any atom is 0.261 e. The normalized spacial score (nSPS) is 13.4. The summed E-state index contributed by atoms with van der Waals surface area (Å²) in [6.07, 6.45) is -1.70. The first-order chi connectivity index (χ1) is 7.50. The molecule has 0 aliphatic rings. The van der Waals surface area contributed by atoms with E-state index in [0.29, 0.717) is 13.0 Å². The van der Waals surface area contributed by atoms with E-state index in [1.54, 1.807) is 11.3 Å². The number of halogens is 4. The molecule has 0 aromatic carbocycles. The number of ether oxygens (including phenoxy) is 1. The second-order valence-electron chi connectivity index (χ2n) is 3.29. The number of alkyl halides is 3. The number of hydrogen-bond acceptors (Lipinski definition) is 2. The van der Waals surface area contributed by atoms with Crippen molar-refractivity contribution < 1.29 is 13.5 Å². The molecular weight excluding hydrogens is 366 g/mol. The zero-order chi connectivity index (χ0) is 12.1. The summed E-state index contributed by atoms with van der Waals surface area (Å²) in [4.78, 5) is 2.55. The Bertz CT molecular complexity index is 331. The van der Waals surface area contributed by atoms with Crippen molar-refractivity contribution in [3.8, 4) is 0 Å². The molecule has 1 atom stereocenters. The summed E-state index contributed by atoms with van der Waals surface area (Å²) in [6.45, 7) is 1.89. The monoisotopic (exact) mass is 376 g/mol. The molecule has 0 amide bonds. The van der Waals surface area contributed by atoms with E-state index in [1.165, 1.54) is 9.75 Å². The lowest BCUT2D eigenvalue weighted by Gasteiger charge is -2.09. The standard InChI is InChI=1S/C10H12Br2F2OS/c1-6-4-8(12)10(16-6)7(11)2-3-15-5-9(13)14/h4,7,9H,2-3,5H2,1H3. The van der Waals surface area contributed by atoms with E-state index in [0.717, 1.165) is 4.47 Å². The Labute approximate surface area is 114 Å². The van der Waals surface area contributed by atoms with Crippen LogP contribution in [-0.2, 0) is 4.74 Å². The molecule has 0 bridgehead atoms. The molecule has 92 valence electrons. The largest absolute Gasteiger partial charge is 0.375 e. The fraction of sp³-hybridized carbons (Fsp3) is 0.600. The highest BCUT2D eigenvalue weighted by atomic mass is 79.9. The molecule has 1 rings (SSSR count). The van der Waals surface area contributed by atoms with Crippen LogP contribution in [-0.4, -0.2) is 19.6 Å². The first kappa shape index (κ1) is 14.5. The third-order valence-electron chi connectivity index (χ3n) is 1.88. The smallest absolute Gasteiger partial charge is 0.261 e. The third-order valence-corrected chi connectivity index (χ3v) is 5.18. The van der Waals surface area contributed by atoms with Crippen LogP contribution in [0.25, 0.3) is 0 Å². The van der Waals surface area contributed by atoms with Crippen molar-refractivity contribution in [3.05, 3.63) is 20.3 Å². The van der Waals surface area contributed by atoms with Gasteiger partial charge in [0.05, 0.1) is 4.83 Å². The lowest BCUT2D eigenvalue weighted by molar-refractivity contribution is 0.0168. The van der Waals surface area contributed by atoms with Crippen molar-refractivity contribution in [3.63, 3.8) is 0 Å². The summed E-state index contributed by atoms with van der Waals surface area (Å²) in [5.41, 5.74) is 0.